The molecule has 2 aliphatic rings. The minimum absolute atomic E-state index is 0.584. The Kier molecular flexibility index (Phi) is 7.90. The fourth-order valence-corrected chi connectivity index (χ4v) is 11.2. The minimum atomic E-state index is -0.584. The number of ether oxygens (including phenoxy) is 1. The number of nitrogens with zero attached hydrogens (tertiary/aromatic N) is 1. The van der Waals surface area contributed by atoms with E-state index in [0.29, 0.717) is 0 Å². The second kappa shape index (κ2) is 14.2. The van der Waals surface area contributed by atoms with Gasteiger partial charge in [0.1, 0.15) is 22.7 Å². The quantitative estimate of drug-likeness (QED) is 0.173. The van der Waals surface area contributed by atoms with Crippen molar-refractivity contribution in [2.24, 2.45) is 0 Å². The lowest BCUT2D eigenvalue weighted by atomic mass is 9.65. The van der Waals surface area contributed by atoms with Gasteiger partial charge in [-0.3, -0.25) is 0 Å². The van der Waals surface area contributed by atoms with Gasteiger partial charge in [-0.25, -0.2) is 0 Å². The lowest BCUT2D eigenvalue weighted by molar-refractivity contribution is 0.447. The molecule has 0 bridgehead atoms. The number of furan rings is 1. The SMILES string of the molecule is c1ccc(-c2ccccc2N(c2ccc(-c3ccc4c(c3)-c3ccccc3C43c4ccc5ccccc5c4Oc4c3ccc3ccccc43)cc2)c2ccc3oc4ccccc4c3c2)cc1. The molecular formula is C63H39NO2. The van der Waals surface area contributed by atoms with Crippen LogP contribution in [0.3, 0.4) is 0 Å². The lowest BCUT2D eigenvalue weighted by Crippen LogP contribution is -2.32. The first kappa shape index (κ1) is 36.8. The molecule has 308 valence electrons. The van der Waals surface area contributed by atoms with Gasteiger partial charge in [-0.1, -0.05) is 188 Å². The van der Waals surface area contributed by atoms with E-state index in [1.807, 2.05) is 12.1 Å². The molecule has 0 amide bonds. The summed E-state index contributed by atoms with van der Waals surface area (Å²) >= 11 is 0. The maximum Gasteiger partial charge on any atom is 0.140 e. The molecule has 0 radical (unpaired) electrons. The van der Waals surface area contributed by atoms with E-state index in [-0.39, 0.29) is 0 Å². The standard InChI is InChI=1S/C63H39NO2/c1-2-14-41(15-3-1)47-18-9-12-24-58(47)64(46-33-37-60-53(39-46)51-22-10-13-25-59(51)65-60)45-31-26-40(27-32-45)44-30-34-55-52(38-44)50-21-8-11-23-54(50)63(55)56-35-28-42-16-4-6-19-48(42)61(56)66-62-49-20-7-5-17-43(49)29-36-57(62)63/h1-39H. The van der Waals surface area contributed by atoms with Crippen LogP contribution in [0.1, 0.15) is 22.3 Å². The first-order chi connectivity index (χ1) is 32.7. The van der Waals surface area contributed by atoms with Crippen LogP contribution < -0.4 is 9.64 Å². The van der Waals surface area contributed by atoms with Crippen LogP contribution in [-0.2, 0) is 5.41 Å². The maximum absolute atomic E-state index is 7.17. The Labute approximate surface area is 382 Å². The van der Waals surface area contributed by atoms with Crippen LogP contribution in [0.2, 0.25) is 0 Å². The molecule has 1 aromatic heterocycles. The van der Waals surface area contributed by atoms with E-state index in [4.69, 9.17) is 9.15 Å². The van der Waals surface area contributed by atoms with E-state index in [1.54, 1.807) is 0 Å². The Morgan fingerprint density at radius 1 is 0.318 bits per heavy atom. The molecule has 0 unspecified atom stereocenters. The van der Waals surface area contributed by atoms with Gasteiger partial charge in [0.2, 0.25) is 0 Å². The molecule has 14 rings (SSSR count). The summed E-state index contributed by atoms with van der Waals surface area (Å²) in [6, 6.07) is 85.7. The highest BCUT2D eigenvalue weighted by molar-refractivity contribution is 6.07. The second-order valence-corrected chi connectivity index (χ2v) is 17.5. The number of hydrogen-bond donors (Lipinski definition) is 0. The molecule has 3 heteroatoms. The number of benzene rings is 11. The average molecular weight is 842 g/mol. The van der Waals surface area contributed by atoms with E-state index in [1.165, 1.54) is 38.9 Å². The lowest BCUT2D eigenvalue weighted by Gasteiger charge is -2.40. The summed E-state index contributed by atoms with van der Waals surface area (Å²) in [6.45, 7) is 0. The van der Waals surface area contributed by atoms with Gasteiger partial charge >= 0.3 is 0 Å². The number of hydrogen-bond acceptors (Lipinski definition) is 3. The Morgan fingerprint density at radius 2 is 0.879 bits per heavy atom. The van der Waals surface area contributed by atoms with Gasteiger partial charge in [0.25, 0.3) is 0 Å². The van der Waals surface area contributed by atoms with Crippen molar-refractivity contribution in [2.75, 3.05) is 4.90 Å². The van der Waals surface area contributed by atoms with E-state index >= 15 is 0 Å². The molecule has 1 spiro atoms. The van der Waals surface area contributed by atoms with Crippen LogP contribution >= 0.6 is 0 Å². The third-order valence-corrected chi connectivity index (χ3v) is 14.1. The minimum Gasteiger partial charge on any atom is -0.456 e. The Balaban J connectivity index is 0.938. The Hall–Kier alpha value is -8.66. The molecule has 0 atom stereocenters. The highest BCUT2D eigenvalue weighted by Gasteiger charge is 2.51. The van der Waals surface area contributed by atoms with Crippen molar-refractivity contribution in [1.29, 1.82) is 0 Å². The molecule has 0 saturated heterocycles. The zero-order valence-electron chi connectivity index (χ0n) is 35.8. The maximum atomic E-state index is 7.17. The molecule has 0 fully saturated rings. The van der Waals surface area contributed by atoms with Crippen molar-refractivity contribution in [2.45, 2.75) is 5.41 Å². The first-order valence-electron chi connectivity index (χ1n) is 22.7. The normalized spacial score (nSPS) is 13.1. The van der Waals surface area contributed by atoms with Crippen LogP contribution in [-0.4, -0.2) is 0 Å². The van der Waals surface area contributed by atoms with Crippen LogP contribution in [0.5, 0.6) is 11.5 Å². The van der Waals surface area contributed by atoms with Gasteiger partial charge in [-0.15, -0.1) is 0 Å². The number of fused-ring (bicyclic) bond motifs is 16. The number of para-hydroxylation sites is 2. The van der Waals surface area contributed by atoms with Gasteiger partial charge in [0.15, 0.2) is 0 Å². The van der Waals surface area contributed by atoms with Crippen LogP contribution in [0.15, 0.2) is 241 Å². The summed E-state index contributed by atoms with van der Waals surface area (Å²) in [5, 5.41) is 6.77. The smallest absolute Gasteiger partial charge is 0.140 e. The topological polar surface area (TPSA) is 25.6 Å². The molecule has 2 heterocycles. The second-order valence-electron chi connectivity index (χ2n) is 17.5. The van der Waals surface area contributed by atoms with Crippen molar-refractivity contribution < 1.29 is 9.15 Å². The van der Waals surface area contributed by atoms with Crippen molar-refractivity contribution in [3.63, 3.8) is 0 Å². The van der Waals surface area contributed by atoms with Gasteiger partial charge in [-0.05, 0) is 98.2 Å². The molecule has 1 aliphatic carbocycles. The highest BCUT2D eigenvalue weighted by Crippen LogP contribution is 2.64. The molecule has 3 nitrogen and oxygen atoms in total. The van der Waals surface area contributed by atoms with Crippen molar-refractivity contribution in [3.8, 4) is 44.9 Å². The highest BCUT2D eigenvalue weighted by atomic mass is 16.5. The average Bonchev–Trinajstić information content (AvgIpc) is 3.90. The molecule has 0 N–H and O–H groups in total. The number of rotatable bonds is 5. The summed E-state index contributed by atoms with van der Waals surface area (Å²) in [4.78, 5) is 2.38. The summed E-state index contributed by atoms with van der Waals surface area (Å²) in [5.41, 5.74) is 16.4. The summed E-state index contributed by atoms with van der Waals surface area (Å²) in [5.74, 6) is 1.86. The fourth-order valence-electron chi connectivity index (χ4n) is 11.2. The number of anilines is 3. The van der Waals surface area contributed by atoms with Crippen LogP contribution in [0.4, 0.5) is 17.1 Å². The Bertz CT molecular complexity index is 3830. The van der Waals surface area contributed by atoms with Gasteiger partial charge in [-0.2, -0.15) is 0 Å². The molecular weight excluding hydrogens is 803 g/mol. The third kappa shape index (κ3) is 5.26. The van der Waals surface area contributed by atoms with E-state index < -0.39 is 5.41 Å². The van der Waals surface area contributed by atoms with Crippen molar-refractivity contribution in [3.05, 3.63) is 259 Å². The zero-order valence-corrected chi connectivity index (χ0v) is 35.8. The van der Waals surface area contributed by atoms with Crippen LogP contribution in [0, 0.1) is 0 Å². The van der Waals surface area contributed by atoms with Crippen molar-refractivity contribution in [1.82, 2.24) is 0 Å². The largest absolute Gasteiger partial charge is 0.456 e. The summed E-state index contributed by atoms with van der Waals surface area (Å²) < 4.78 is 13.5. The predicted molar refractivity (Wildman–Crippen MR) is 272 cm³/mol. The third-order valence-electron chi connectivity index (χ3n) is 14.1. The molecule has 1 aliphatic heterocycles. The predicted octanol–water partition coefficient (Wildman–Crippen LogP) is 17.2. The van der Waals surface area contributed by atoms with E-state index in [2.05, 4.69) is 229 Å². The van der Waals surface area contributed by atoms with Gasteiger partial charge in [0.05, 0.1) is 11.1 Å². The van der Waals surface area contributed by atoms with Crippen LogP contribution in [0.25, 0.3) is 76.9 Å². The van der Waals surface area contributed by atoms with Gasteiger partial charge in [0, 0.05) is 49.6 Å². The van der Waals surface area contributed by atoms with Crippen molar-refractivity contribution >= 4 is 60.5 Å². The molecule has 12 aromatic rings. The van der Waals surface area contributed by atoms with E-state index in [9.17, 15) is 0 Å². The fraction of sp³-hybridized carbons (Fsp3) is 0.0159. The molecule has 66 heavy (non-hydrogen) atoms. The Morgan fingerprint density at radius 3 is 1.64 bits per heavy atom. The first-order valence-corrected chi connectivity index (χ1v) is 22.7. The summed E-state index contributed by atoms with van der Waals surface area (Å²) in [7, 11) is 0. The monoisotopic (exact) mass is 841 g/mol. The zero-order chi connectivity index (χ0) is 43.3. The molecule has 11 aromatic carbocycles. The summed E-state index contributed by atoms with van der Waals surface area (Å²) in [6.07, 6.45) is 0. The molecule has 0 saturated carbocycles. The van der Waals surface area contributed by atoms with Gasteiger partial charge < -0.3 is 14.1 Å². The van der Waals surface area contributed by atoms with E-state index in [0.717, 1.165) is 88.7 Å².